The third-order valence-electron chi connectivity index (χ3n) is 7.56. The van der Waals surface area contributed by atoms with Crippen molar-refractivity contribution in [1.82, 2.24) is 4.90 Å². The molecule has 1 unspecified atom stereocenters. The lowest BCUT2D eigenvalue weighted by Crippen LogP contribution is -2.46. The maximum Gasteiger partial charge on any atom is 0.162 e. The van der Waals surface area contributed by atoms with Crippen molar-refractivity contribution >= 4 is 11.6 Å². The molecule has 0 amide bonds. The Morgan fingerprint density at radius 3 is 2.12 bits per heavy atom. The summed E-state index contributed by atoms with van der Waals surface area (Å²) in [4.78, 5) is 29.7. The van der Waals surface area contributed by atoms with Gasteiger partial charge in [0.2, 0.25) is 0 Å². The van der Waals surface area contributed by atoms with Gasteiger partial charge in [0.1, 0.15) is 0 Å². The Hall–Kier alpha value is -2.94. The largest absolute Gasteiger partial charge is 0.343 e. The molecule has 0 bridgehead atoms. The van der Waals surface area contributed by atoms with Gasteiger partial charge in [0.25, 0.3) is 0 Å². The van der Waals surface area contributed by atoms with Crippen LogP contribution in [0.1, 0.15) is 70.4 Å². The molecule has 0 spiro atoms. The number of Topliss-reactive ketones (excluding diaryl/α,β-unsaturated/α-hetero) is 2. The minimum absolute atomic E-state index is 0.104. The SMILES string of the molecule is CC1(C)CC(=O)C2=C(C1)N(Cc1ccccc1)C1=C(C(=O)CCC1(C)C)C2c1ccccc1. The summed E-state index contributed by atoms with van der Waals surface area (Å²) >= 11 is 0. The van der Waals surface area contributed by atoms with Crippen LogP contribution in [-0.4, -0.2) is 16.5 Å². The maximum atomic E-state index is 13.7. The number of carbonyl (C=O) groups is 2. The minimum Gasteiger partial charge on any atom is -0.343 e. The van der Waals surface area contributed by atoms with Crippen LogP contribution in [0.4, 0.5) is 0 Å². The van der Waals surface area contributed by atoms with Crippen LogP contribution in [0.3, 0.4) is 0 Å². The van der Waals surface area contributed by atoms with Crippen LogP contribution < -0.4 is 0 Å². The lowest BCUT2D eigenvalue weighted by Gasteiger charge is -2.51. The number of hydrogen-bond donors (Lipinski definition) is 0. The highest BCUT2D eigenvalue weighted by Crippen LogP contribution is 2.56. The standard InChI is InChI=1S/C30H33NO2/c1-29(2)17-22-26(24(33)18-29)25(21-13-9-6-10-14-21)27-23(32)15-16-30(3,4)28(27)31(22)19-20-11-7-5-8-12-20/h5-14,25H,15-19H2,1-4H3. The summed E-state index contributed by atoms with van der Waals surface area (Å²) in [6.45, 7) is 9.58. The van der Waals surface area contributed by atoms with Gasteiger partial charge < -0.3 is 4.90 Å². The van der Waals surface area contributed by atoms with Gasteiger partial charge in [0, 0.05) is 53.3 Å². The lowest BCUT2D eigenvalue weighted by atomic mass is 9.62. The second kappa shape index (κ2) is 7.83. The predicted molar refractivity (Wildman–Crippen MR) is 131 cm³/mol. The average molecular weight is 440 g/mol. The number of nitrogens with zero attached hydrogens (tertiary/aromatic N) is 1. The van der Waals surface area contributed by atoms with Crippen molar-refractivity contribution < 1.29 is 9.59 Å². The van der Waals surface area contributed by atoms with Gasteiger partial charge in [-0.2, -0.15) is 0 Å². The molecule has 1 aliphatic heterocycles. The van der Waals surface area contributed by atoms with Crippen molar-refractivity contribution in [2.45, 2.75) is 65.8 Å². The molecule has 2 aromatic rings. The summed E-state index contributed by atoms with van der Waals surface area (Å²) in [5.74, 6) is 0.121. The zero-order valence-corrected chi connectivity index (χ0v) is 20.2. The van der Waals surface area contributed by atoms with Crippen LogP contribution >= 0.6 is 0 Å². The molecule has 0 saturated heterocycles. The van der Waals surface area contributed by atoms with Gasteiger partial charge in [-0.3, -0.25) is 9.59 Å². The van der Waals surface area contributed by atoms with Gasteiger partial charge in [-0.25, -0.2) is 0 Å². The van der Waals surface area contributed by atoms with Crippen molar-refractivity contribution in [3.63, 3.8) is 0 Å². The van der Waals surface area contributed by atoms with Gasteiger partial charge in [-0.15, -0.1) is 0 Å². The number of benzene rings is 2. The van der Waals surface area contributed by atoms with E-state index in [9.17, 15) is 9.59 Å². The van der Waals surface area contributed by atoms with Gasteiger partial charge >= 0.3 is 0 Å². The fourth-order valence-corrected chi connectivity index (χ4v) is 6.05. The van der Waals surface area contributed by atoms with E-state index >= 15 is 0 Å². The Morgan fingerprint density at radius 2 is 1.45 bits per heavy atom. The highest BCUT2D eigenvalue weighted by atomic mass is 16.1. The molecule has 3 aliphatic rings. The molecule has 0 saturated carbocycles. The van der Waals surface area contributed by atoms with Crippen molar-refractivity contribution in [3.05, 3.63) is 94.3 Å². The molecule has 33 heavy (non-hydrogen) atoms. The van der Waals surface area contributed by atoms with E-state index in [-0.39, 0.29) is 28.3 Å². The summed E-state index contributed by atoms with van der Waals surface area (Å²) in [5, 5.41) is 0. The molecule has 3 heteroatoms. The first kappa shape index (κ1) is 21.9. The molecule has 0 fully saturated rings. The van der Waals surface area contributed by atoms with Gasteiger partial charge in [-0.05, 0) is 29.4 Å². The highest BCUT2D eigenvalue weighted by Gasteiger charge is 2.50. The Balaban J connectivity index is 1.79. The van der Waals surface area contributed by atoms with E-state index in [2.05, 4.69) is 69.0 Å². The minimum atomic E-state index is -0.265. The quantitative estimate of drug-likeness (QED) is 0.543. The molecule has 0 aromatic heterocycles. The molecule has 0 N–H and O–H groups in total. The van der Waals surface area contributed by atoms with Crippen molar-refractivity contribution in [1.29, 1.82) is 0 Å². The first-order valence-corrected chi connectivity index (χ1v) is 12.1. The first-order valence-electron chi connectivity index (χ1n) is 12.1. The van der Waals surface area contributed by atoms with E-state index in [0.717, 1.165) is 40.9 Å². The summed E-state index contributed by atoms with van der Waals surface area (Å²) in [6.07, 6.45) is 2.73. The van der Waals surface area contributed by atoms with Gasteiger partial charge in [-0.1, -0.05) is 88.4 Å². The highest BCUT2D eigenvalue weighted by molar-refractivity contribution is 6.06. The zero-order valence-electron chi connectivity index (χ0n) is 20.2. The fraction of sp³-hybridized carbons (Fsp3) is 0.400. The van der Waals surface area contributed by atoms with Crippen LogP contribution in [0.2, 0.25) is 0 Å². The number of carbonyl (C=O) groups excluding carboxylic acids is 2. The smallest absolute Gasteiger partial charge is 0.162 e. The second-order valence-electron chi connectivity index (χ2n) is 11.3. The Bertz CT molecular complexity index is 1170. The molecular formula is C30H33NO2. The van der Waals surface area contributed by atoms with Gasteiger partial charge in [0.05, 0.1) is 0 Å². The third-order valence-corrected chi connectivity index (χ3v) is 7.56. The van der Waals surface area contributed by atoms with Crippen LogP contribution in [0.15, 0.2) is 83.2 Å². The Labute approximate surface area is 197 Å². The van der Waals surface area contributed by atoms with Crippen molar-refractivity contribution in [3.8, 4) is 0 Å². The lowest BCUT2D eigenvalue weighted by molar-refractivity contribution is -0.119. The molecule has 0 radical (unpaired) electrons. The fourth-order valence-electron chi connectivity index (χ4n) is 6.05. The van der Waals surface area contributed by atoms with Crippen LogP contribution in [0, 0.1) is 10.8 Å². The van der Waals surface area contributed by atoms with E-state index in [1.165, 1.54) is 5.56 Å². The first-order chi connectivity index (χ1) is 15.7. The second-order valence-corrected chi connectivity index (χ2v) is 11.3. The van der Waals surface area contributed by atoms with E-state index in [1.54, 1.807) is 0 Å². The number of allylic oxidation sites excluding steroid dienone is 4. The normalized spacial score (nSPS) is 24.0. The van der Waals surface area contributed by atoms with Crippen molar-refractivity contribution in [2.24, 2.45) is 10.8 Å². The molecule has 1 atom stereocenters. The topological polar surface area (TPSA) is 37.4 Å². The molecular weight excluding hydrogens is 406 g/mol. The Kier molecular flexibility index (Phi) is 5.19. The summed E-state index contributed by atoms with van der Waals surface area (Å²) < 4.78 is 0. The molecule has 5 rings (SSSR count). The molecule has 2 aliphatic carbocycles. The zero-order chi connectivity index (χ0) is 23.4. The third kappa shape index (κ3) is 3.78. The van der Waals surface area contributed by atoms with Crippen molar-refractivity contribution in [2.75, 3.05) is 0 Å². The molecule has 2 aromatic carbocycles. The number of ketones is 2. The van der Waals surface area contributed by atoms with E-state index in [1.807, 2.05) is 24.3 Å². The van der Waals surface area contributed by atoms with Crippen LogP contribution in [-0.2, 0) is 16.1 Å². The monoisotopic (exact) mass is 439 g/mol. The average Bonchev–Trinajstić information content (AvgIpc) is 2.77. The number of hydrogen-bond acceptors (Lipinski definition) is 3. The van der Waals surface area contributed by atoms with E-state index in [0.29, 0.717) is 19.4 Å². The molecule has 3 nitrogen and oxygen atoms in total. The predicted octanol–water partition coefficient (Wildman–Crippen LogP) is 6.57. The Morgan fingerprint density at radius 1 is 0.818 bits per heavy atom. The summed E-state index contributed by atoms with van der Waals surface area (Å²) in [5.41, 5.74) is 5.94. The molecule has 170 valence electrons. The number of rotatable bonds is 3. The summed E-state index contributed by atoms with van der Waals surface area (Å²) in [7, 11) is 0. The van der Waals surface area contributed by atoms with Crippen LogP contribution in [0.25, 0.3) is 0 Å². The molecule has 1 heterocycles. The van der Waals surface area contributed by atoms with Crippen LogP contribution in [0.5, 0.6) is 0 Å². The van der Waals surface area contributed by atoms with Gasteiger partial charge in [0.15, 0.2) is 11.6 Å². The maximum absolute atomic E-state index is 13.7. The summed E-state index contributed by atoms with van der Waals surface area (Å²) in [6, 6.07) is 20.6. The van der Waals surface area contributed by atoms with E-state index in [4.69, 9.17) is 0 Å². The van der Waals surface area contributed by atoms with E-state index < -0.39 is 0 Å².